The molecule has 7 rings (SSSR count). The molecule has 0 unspecified atom stereocenters. The predicted molar refractivity (Wildman–Crippen MR) is 151 cm³/mol. The summed E-state index contributed by atoms with van der Waals surface area (Å²) in [5, 5.41) is 0. The Morgan fingerprint density at radius 2 is 0.676 bits per heavy atom. The topological polar surface area (TPSA) is 57.4 Å². The number of rotatable bonds is 1. The first kappa shape index (κ1) is 24.3. The van der Waals surface area contributed by atoms with Gasteiger partial charge in [0.15, 0.2) is 0 Å². The number of hydrogen-bond acceptors (Lipinski definition) is 2. The summed E-state index contributed by atoms with van der Waals surface area (Å²) in [5.74, 6) is 0. The summed E-state index contributed by atoms with van der Waals surface area (Å²) in [4.78, 5) is 16.0. The zero-order valence-electron chi connectivity index (χ0n) is 20.0. The largest absolute Gasteiger partial charge is 0.355 e. The summed E-state index contributed by atoms with van der Waals surface area (Å²) in [6, 6.07) is 37.1. The van der Waals surface area contributed by atoms with Crippen LogP contribution in [0, 0.1) is 0 Å². The summed E-state index contributed by atoms with van der Waals surface area (Å²) < 4.78 is 0. The summed E-state index contributed by atoms with van der Waals surface area (Å²) >= 11 is 0. The van der Waals surface area contributed by atoms with Crippen molar-refractivity contribution in [1.29, 1.82) is 0 Å². The van der Waals surface area contributed by atoms with Crippen LogP contribution in [-0.4, -0.2) is 19.9 Å². The minimum absolute atomic E-state index is 0. The van der Waals surface area contributed by atoms with Crippen LogP contribution in [0.2, 0.25) is 0 Å². The molecule has 37 heavy (non-hydrogen) atoms. The van der Waals surface area contributed by atoms with Gasteiger partial charge in [-0.15, -0.1) is 0 Å². The number of hydrogen-bond donors (Lipinski definition) is 2. The van der Waals surface area contributed by atoms with Crippen LogP contribution in [0.1, 0.15) is 22.8 Å². The fourth-order valence-electron chi connectivity index (χ4n) is 4.20. The van der Waals surface area contributed by atoms with Gasteiger partial charge in [0.05, 0.1) is 22.8 Å². The molecule has 0 aliphatic carbocycles. The van der Waals surface area contributed by atoms with Crippen molar-refractivity contribution >= 4 is 46.4 Å². The minimum Gasteiger partial charge on any atom is -0.355 e. The molecule has 0 saturated carbocycles. The molecule has 0 fully saturated rings. The maximum atomic E-state index is 4.63. The average molecular weight is 520 g/mol. The van der Waals surface area contributed by atoms with Crippen molar-refractivity contribution in [3.8, 4) is 11.1 Å². The van der Waals surface area contributed by atoms with E-state index in [-0.39, 0.29) is 17.1 Å². The van der Waals surface area contributed by atoms with Crippen molar-refractivity contribution < 1.29 is 17.1 Å². The van der Waals surface area contributed by atoms with Gasteiger partial charge in [-0.3, -0.25) is 0 Å². The summed E-state index contributed by atoms with van der Waals surface area (Å²) in [6.07, 6.45) is 8.09. The summed E-state index contributed by atoms with van der Waals surface area (Å²) in [6.45, 7) is 0. The van der Waals surface area contributed by atoms with Crippen LogP contribution in [0.3, 0.4) is 0 Å². The normalized spacial score (nSPS) is 11.4. The van der Waals surface area contributed by atoms with Crippen molar-refractivity contribution in [1.82, 2.24) is 19.9 Å². The maximum Gasteiger partial charge on any atom is 0.0658 e. The van der Waals surface area contributed by atoms with E-state index in [1.54, 1.807) is 0 Å². The fourth-order valence-corrected chi connectivity index (χ4v) is 4.20. The Hall–Kier alpha value is -4.44. The molecule has 0 spiro atoms. The van der Waals surface area contributed by atoms with E-state index in [0.717, 1.165) is 44.8 Å². The Morgan fingerprint density at radius 3 is 0.973 bits per heavy atom. The number of aromatic nitrogens is 4. The molecule has 0 saturated heterocycles. The van der Waals surface area contributed by atoms with Crippen LogP contribution in [0.15, 0.2) is 109 Å². The van der Waals surface area contributed by atoms with E-state index in [4.69, 9.17) is 0 Å². The van der Waals surface area contributed by atoms with Gasteiger partial charge in [0, 0.05) is 39.1 Å². The van der Waals surface area contributed by atoms with Crippen molar-refractivity contribution in [2.24, 2.45) is 0 Å². The number of nitrogens with one attached hydrogen (secondary N) is 2. The third kappa shape index (κ3) is 6.04. The van der Waals surface area contributed by atoms with Gasteiger partial charge in [-0.05, 0) is 84.0 Å². The van der Waals surface area contributed by atoms with Crippen LogP contribution in [0.4, 0.5) is 0 Å². The van der Waals surface area contributed by atoms with Gasteiger partial charge in [-0.2, -0.15) is 0 Å². The first-order valence-corrected chi connectivity index (χ1v) is 11.9. The predicted octanol–water partition coefficient (Wildman–Crippen LogP) is 8.01. The molecule has 0 atom stereocenters. The summed E-state index contributed by atoms with van der Waals surface area (Å²) in [7, 11) is 0. The molecule has 4 nitrogen and oxygen atoms in total. The molecular formula is C32H24MnN4. The Balaban J connectivity index is 0.000000183. The van der Waals surface area contributed by atoms with Gasteiger partial charge in [0.25, 0.3) is 0 Å². The molecule has 5 heteroatoms. The molecule has 179 valence electrons. The van der Waals surface area contributed by atoms with E-state index in [9.17, 15) is 0 Å². The Morgan fingerprint density at radius 1 is 0.378 bits per heavy atom. The minimum atomic E-state index is 0. The second kappa shape index (κ2) is 11.1. The van der Waals surface area contributed by atoms with E-state index in [1.165, 1.54) is 11.1 Å². The Kier molecular flexibility index (Phi) is 7.27. The number of aromatic amines is 2. The van der Waals surface area contributed by atoms with Crippen LogP contribution < -0.4 is 0 Å². The molecule has 2 N–H and O–H groups in total. The van der Waals surface area contributed by atoms with E-state index in [1.807, 2.05) is 60.7 Å². The molecule has 5 aromatic rings. The van der Waals surface area contributed by atoms with Crippen molar-refractivity contribution in [2.75, 3.05) is 0 Å². The number of nitrogens with zero attached hydrogens (tertiary/aromatic N) is 2. The fraction of sp³-hybridized carbons (Fsp3) is 0. The van der Waals surface area contributed by atoms with Crippen LogP contribution in [-0.2, 0) is 17.1 Å². The van der Waals surface area contributed by atoms with Gasteiger partial charge in [0.1, 0.15) is 0 Å². The zero-order chi connectivity index (χ0) is 24.2. The second-order valence-electron chi connectivity index (χ2n) is 8.64. The van der Waals surface area contributed by atoms with E-state index >= 15 is 0 Å². The van der Waals surface area contributed by atoms with E-state index in [2.05, 4.69) is 92.7 Å². The molecule has 2 aliphatic heterocycles. The van der Waals surface area contributed by atoms with Gasteiger partial charge in [0.2, 0.25) is 0 Å². The third-order valence-corrected chi connectivity index (χ3v) is 5.92. The van der Waals surface area contributed by atoms with Gasteiger partial charge < -0.3 is 9.97 Å². The number of H-pyrrole nitrogens is 2. The van der Waals surface area contributed by atoms with Gasteiger partial charge in [-0.25, -0.2) is 9.97 Å². The molecule has 0 amide bonds. The van der Waals surface area contributed by atoms with Crippen molar-refractivity contribution in [2.45, 2.75) is 0 Å². The molecule has 8 bridgehead atoms. The smallest absolute Gasteiger partial charge is 0.0658 e. The monoisotopic (exact) mass is 519 g/mol. The number of fused-ring (bicyclic) bond motifs is 8. The second-order valence-corrected chi connectivity index (χ2v) is 8.64. The SMILES string of the molecule is C1=Cc2cc3ccc(cc4nc(cc5ccc(cc1n2)[nH]5)C=C4)[nH]3.[Mn].c1ccc(-c2ccccc2)cc1. The first-order valence-electron chi connectivity index (χ1n) is 11.9. The third-order valence-electron chi connectivity index (χ3n) is 5.92. The molecule has 2 aromatic carbocycles. The van der Waals surface area contributed by atoms with Crippen LogP contribution in [0.25, 0.3) is 57.5 Å². The maximum absolute atomic E-state index is 4.63. The Labute approximate surface area is 226 Å². The Bertz CT molecular complexity index is 1520. The van der Waals surface area contributed by atoms with Gasteiger partial charge >= 0.3 is 0 Å². The molecule has 5 heterocycles. The van der Waals surface area contributed by atoms with Crippen molar-refractivity contribution in [3.63, 3.8) is 0 Å². The standard InChI is InChI=1S/C20H14N4.C12H10.Mn/c1-2-14-10-16-5-6-18(23-16)12-20-8-7-19(24-20)11-17-4-3-15(22-17)9-13(1)21-14;1-3-7-11(8-4-1)12-9-5-2-6-10-12;/h1-12,21,24H;1-10H;. The average Bonchev–Trinajstić information content (AvgIpc) is 3.72. The van der Waals surface area contributed by atoms with Crippen molar-refractivity contribution in [3.05, 3.63) is 132 Å². The molecule has 3 aromatic heterocycles. The zero-order valence-corrected chi connectivity index (χ0v) is 21.2. The van der Waals surface area contributed by atoms with E-state index in [0.29, 0.717) is 0 Å². The molecule has 1 radical (unpaired) electrons. The first-order chi connectivity index (χ1) is 17.8. The van der Waals surface area contributed by atoms with E-state index < -0.39 is 0 Å². The molecule has 2 aliphatic rings. The number of benzene rings is 2. The van der Waals surface area contributed by atoms with Gasteiger partial charge in [-0.1, -0.05) is 60.7 Å². The van der Waals surface area contributed by atoms with Crippen LogP contribution >= 0.6 is 0 Å². The molecular weight excluding hydrogens is 495 g/mol. The van der Waals surface area contributed by atoms with Crippen LogP contribution in [0.5, 0.6) is 0 Å². The quantitative estimate of drug-likeness (QED) is 0.216. The summed E-state index contributed by atoms with van der Waals surface area (Å²) in [5.41, 5.74) is 10.4.